The summed E-state index contributed by atoms with van der Waals surface area (Å²) in [7, 11) is 0. The first-order valence-corrected chi connectivity index (χ1v) is 8.39. The van der Waals surface area contributed by atoms with Crippen molar-refractivity contribution >= 4 is 16.7 Å². The zero-order chi connectivity index (χ0) is 19.1. The van der Waals surface area contributed by atoms with Gasteiger partial charge in [-0.25, -0.2) is 5.01 Å². The van der Waals surface area contributed by atoms with Crippen molar-refractivity contribution in [3.63, 3.8) is 0 Å². The molecule has 7 heteroatoms. The normalized spacial score (nSPS) is 17.4. The number of ether oxygens (including phenoxy) is 1. The number of carbonyl (C=O) groups excluding carboxylic acids is 1. The number of fused-ring (bicyclic) bond motifs is 1. The van der Waals surface area contributed by atoms with Gasteiger partial charge in [-0.15, -0.1) is 0 Å². The van der Waals surface area contributed by atoms with Crippen molar-refractivity contribution in [2.45, 2.75) is 45.0 Å². The van der Waals surface area contributed by atoms with Crippen LogP contribution in [0.2, 0.25) is 0 Å². The predicted octanol–water partition coefficient (Wildman–Crippen LogP) is 4.36. The van der Waals surface area contributed by atoms with E-state index in [0.29, 0.717) is 5.39 Å². The Morgan fingerprint density at radius 3 is 2.23 bits per heavy atom. The molecule has 0 spiro atoms. The van der Waals surface area contributed by atoms with Crippen molar-refractivity contribution in [3.05, 3.63) is 42.0 Å². The molecule has 1 aliphatic heterocycles. The molecule has 26 heavy (non-hydrogen) atoms. The maximum absolute atomic E-state index is 13.9. The van der Waals surface area contributed by atoms with E-state index in [1.54, 1.807) is 39.0 Å². The van der Waals surface area contributed by atoms with Crippen LogP contribution in [0.1, 0.15) is 38.8 Å². The van der Waals surface area contributed by atoms with E-state index >= 15 is 0 Å². The van der Waals surface area contributed by atoms with Gasteiger partial charge in [0.05, 0.1) is 0 Å². The Morgan fingerprint density at radius 2 is 1.73 bits per heavy atom. The van der Waals surface area contributed by atoms with Gasteiger partial charge in [0, 0.05) is 18.5 Å². The second-order valence-electron chi connectivity index (χ2n) is 7.37. The Balaban J connectivity index is 2.17. The van der Waals surface area contributed by atoms with Gasteiger partial charge in [0.25, 0.3) is 0 Å². The molecular weight excluding hydrogens is 345 g/mol. The van der Waals surface area contributed by atoms with Crippen LogP contribution in [0, 0.1) is 0 Å². The fraction of sp³-hybridized carbons (Fsp3) is 0.421. The van der Waals surface area contributed by atoms with Gasteiger partial charge < -0.3 is 4.74 Å². The zero-order valence-corrected chi connectivity index (χ0v) is 14.9. The summed E-state index contributed by atoms with van der Waals surface area (Å²) in [4.78, 5) is 11.5. The van der Waals surface area contributed by atoms with Crippen LogP contribution >= 0.6 is 0 Å². The lowest BCUT2D eigenvalue weighted by molar-refractivity contribution is -0.191. The molecule has 2 aromatic carbocycles. The average Bonchev–Trinajstić information content (AvgIpc) is 2.91. The van der Waals surface area contributed by atoms with Crippen LogP contribution in [0.3, 0.4) is 0 Å². The molecule has 4 nitrogen and oxygen atoms in total. The number of halogens is 3. The average molecular weight is 366 g/mol. The van der Waals surface area contributed by atoms with E-state index in [0.717, 1.165) is 10.4 Å². The molecule has 3 rings (SSSR count). The summed E-state index contributed by atoms with van der Waals surface area (Å²) >= 11 is 0. The molecular formula is C19H21F3N2O2. The number of benzene rings is 2. The van der Waals surface area contributed by atoms with E-state index in [4.69, 9.17) is 4.74 Å². The van der Waals surface area contributed by atoms with Crippen molar-refractivity contribution < 1.29 is 22.7 Å². The highest BCUT2D eigenvalue weighted by Crippen LogP contribution is 2.43. The van der Waals surface area contributed by atoms with Gasteiger partial charge in [0.2, 0.25) is 5.91 Å². The Bertz CT molecular complexity index is 828. The van der Waals surface area contributed by atoms with Gasteiger partial charge in [0.15, 0.2) is 6.04 Å². The lowest BCUT2D eigenvalue weighted by atomic mass is 9.99. The van der Waals surface area contributed by atoms with E-state index in [1.807, 2.05) is 12.1 Å². The standard InChI is InChI=1S/C19H21F3N2O2/c1-18(2,3)26-15-11-13-7-5-4-6-12(13)10-14(15)17(19(20,21)22)24-9-8-16(25)23-24/h4-7,10-11,17H,8-9H2,1-3H3,(H,23,25)/t17-/m0/s1. The number of alkyl halides is 3. The van der Waals surface area contributed by atoms with Crippen LogP contribution in [0.5, 0.6) is 5.75 Å². The number of amides is 1. The second-order valence-corrected chi connectivity index (χ2v) is 7.37. The van der Waals surface area contributed by atoms with Gasteiger partial charge in [-0.1, -0.05) is 24.3 Å². The van der Waals surface area contributed by atoms with E-state index in [-0.39, 0.29) is 24.3 Å². The van der Waals surface area contributed by atoms with Gasteiger partial charge in [-0.2, -0.15) is 13.2 Å². The minimum absolute atomic E-state index is 0.00618. The summed E-state index contributed by atoms with van der Waals surface area (Å²) in [5.74, 6) is -0.252. The number of nitrogens with one attached hydrogen (secondary N) is 1. The molecule has 0 aliphatic carbocycles. The molecule has 0 unspecified atom stereocenters. The van der Waals surface area contributed by atoms with Crippen LogP contribution in [-0.2, 0) is 4.79 Å². The number of rotatable bonds is 3. The molecule has 2 aromatic rings. The number of hydrazine groups is 1. The monoisotopic (exact) mass is 366 g/mol. The molecule has 0 saturated carbocycles. The Morgan fingerprint density at radius 1 is 1.12 bits per heavy atom. The highest BCUT2D eigenvalue weighted by molar-refractivity contribution is 5.85. The Hall–Kier alpha value is -2.28. The van der Waals surface area contributed by atoms with E-state index in [1.165, 1.54) is 6.07 Å². The summed E-state index contributed by atoms with van der Waals surface area (Å²) in [5, 5.41) is 2.42. The van der Waals surface area contributed by atoms with Crippen molar-refractivity contribution in [1.82, 2.24) is 10.4 Å². The van der Waals surface area contributed by atoms with Crippen LogP contribution in [0.25, 0.3) is 10.8 Å². The first-order valence-electron chi connectivity index (χ1n) is 8.39. The number of hydrogen-bond acceptors (Lipinski definition) is 3. The Kier molecular flexibility index (Phi) is 4.60. The number of carbonyl (C=O) groups is 1. The molecule has 1 heterocycles. The maximum atomic E-state index is 13.9. The fourth-order valence-electron chi connectivity index (χ4n) is 3.08. The van der Waals surface area contributed by atoms with E-state index < -0.39 is 23.7 Å². The predicted molar refractivity (Wildman–Crippen MR) is 92.6 cm³/mol. The van der Waals surface area contributed by atoms with E-state index in [2.05, 4.69) is 5.43 Å². The van der Waals surface area contributed by atoms with Crippen molar-refractivity contribution in [2.75, 3.05) is 6.54 Å². The molecule has 1 N–H and O–H groups in total. The molecule has 140 valence electrons. The molecule has 0 radical (unpaired) electrons. The summed E-state index contributed by atoms with van der Waals surface area (Å²) in [5.41, 5.74) is 1.64. The highest BCUT2D eigenvalue weighted by atomic mass is 19.4. The Labute approximate surface area is 149 Å². The summed E-state index contributed by atoms with van der Waals surface area (Å²) in [6.45, 7) is 5.34. The largest absolute Gasteiger partial charge is 0.488 e. The summed E-state index contributed by atoms with van der Waals surface area (Å²) < 4.78 is 47.7. The molecule has 1 fully saturated rings. The summed E-state index contributed by atoms with van der Waals surface area (Å²) in [6.07, 6.45) is -4.54. The van der Waals surface area contributed by atoms with E-state index in [9.17, 15) is 18.0 Å². The van der Waals surface area contributed by atoms with Gasteiger partial charge in [-0.3, -0.25) is 10.2 Å². The SMILES string of the molecule is CC(C)(C)Oc1cc2ccccc2cc1[C@H](N1CCC(=O)N1)C(F)(F)F. The topological polar surface area (TPSA) is 41.6 Å². The lowest BCUT2D eigenvalue weighted by Crippen LogP contribution is -2.44. The fourth-order valence-corrected chi connectivity index (χ4v) is 3.08. The minimum Gasteiger partial charge on any atom is -0.488 e. The third kappa shape index (κ3) is 3.93. The number of hydrogen-bond donors (Lipinski definition) is 1. The molecule has 1 amide bonds. The molecule has 1 saturated heterocycles. The smallest absolute Gasteiger partial charge is 0.410 e. The first-order chi connectivity index (χ1) is 12.0. The lowest BCUT2D eigenvalue weighted by Gasteiger charge is -2.32. The third-order valence-corrected chi connectivity index (χ3v) is 4.06. The first kappa shape index (κ1) is 18.5. The van der Waals surface area contributed by atoms with Crippen LogP contribution in [0.4, 0.5) is 13.2 Å². The van der Waals surface area contributed by atoms with Crippen molar-refractivity contribution in [2.24, 2.45) is 0 Å². The van der Waals surface area contributed by atoms with Gasteiger partial charge in [0.1, 0.15) is 11.4 Å². The zero-order valence-electron chi connectivity index (χ0n) is 14.9. The third-order valence-electron chi connectivity index (χ3n) is 4.06. The molecule has 0 bridgehead atoms. The van der Waals surface area contributed by atoms with Crippen molar-refractivity contribution in [3.8, 4) is 5.75 Å². The quantitative estimate of drug-likeness (QED) is 0.878. The van der Waals surface area contributed by atoms with Crippen LogP contribution in [0.15, 0.2) is 36.4 Å². The number of nitrogens with zero attached hydrogens (tertiary/aromatic N) is 1. The second kappa shape index (κ2) is 6.46. The highest BCUT2D eigenvalue weighted by Gasteiger charge is 2.48. The summed E-state index contributed by atoms with van der Waals surface area (Å²) in [6, 6.07) is 8.34. The van der Waals surface area contributed by atoms with Gasteiger partial charge in [-0.05, 0) is 43.7 Å². The van der Waals surface area contributed by atoms with Crippen molar-refractivity contribution in [1.29, 1.82) is 0 Å². The molecule has 1 aliphatic rings. The molecule has 0 aromatic heterocycles. The van der Waals surface area contributed by atoms with Crippen LogP contribution in [-0.4, -0.2) is 29.2 Å². The minimum atomic E-state index is -4.57. The van der Waals surface area contributed by atoms with Crippen LogP contribution < -0.4 is 10.2 Å². The maximum Gasteiger partial charge on any atom is 0.410 e. The van der Waals surface area contributed by atoms with Gasteiger partial charge >= 0.3 is 6.18 Å². The molecule has 1 atom stereocenters.